The number of halogens is 3. The highest BCUT2D eigenvalue weighted by atomic mass is 19.4. The lowest BCUT2D eigenvalue weighted by molar-refractivity contribution is -0.137. The molecule has 6 rings (SSSR count). The van der Waals surface area contributed by atoms with Crippen molar-refractivity contribution in [3.8, 4) is 0 Å². The fraction of sp³-hybridized carbons (Fsp3) is 0.478. The summed E-state index contributed by atoms with van der Waals surface area (Å²) in [5.41, 5.74) is 0.747. The number of hydrogen-bond acceptors (Lipinski definition) is 6. The van der Waals surface area contributed by atoms with E-state index in [0.29, 0.717) is 47.0 Å². The van der Waals surface area contributed by atoms with Gasteiger partial charge in [0.2, 0.25) is 5.71 Å². The van der Waals surface area contributed by atoms with Crippen LogP contribution in [0.2, 0.25) is 0 Å². The number of alkyl halides is 3. The maximum Gasteiger partial charge on any atom is 0.417 e. The van der Waals surface area contributed by atoms with Crippen molar-refractivity contribution in [2.24, 2.45) is 11.8 Å². The second-order valence-electron chi connectivity index (χ2n) is 9.65. The molecule has 2 aliphatic carbocycles. The summed E-state index contributed by atoms with van der Waals surface area (Å²) in [5.74, 6) is 1.48. The van der Waals surface area contributed by atoms with Crippen molar-refractivity contribution in [3.05, 3.63) is 47.2 Å². The van der Waals surface area contributed by atoms with Gasteiger partial charge in [-0.1, -0.05) is 0 Å². The number of aryl methyl sites for hydroxylation is 1. The van der Waals surface area contributed by atoms with Crippen LogP contribution in [0, 0.1) is 18.8 Å². The topological polar surface area (TPSA) is 84.2 Å². The number of piperidine rings is 1. The number of likely N-dealkylation sites (tertiary alicyclic amines) is 1. The van der Waals surface area contributed by atoms with Gasteiger partial charge in [-0.15, -0.1) is 0 Å². The van der Waals surface area contributed by atoms with Crippen LogP contribution in [0.5, 0.6) is 0 Å². The number of pyridine rings is 1. The minimum atomic E-state index is -4.40. The van der Waals surface area contributed by atoms with Crippen LogP contribution in [0.15, 0.2) is 29.1 Å². The molecular formula is C23H22F3N5O2. The van der Waals surface area contributed by atoms with Crippen molar-refractivity contribution >= 4 is 22.8 Å². The Bertz CT molecular complexity index is 1250. The van der Waals surface area contributed by atoms with Gasteiger partial charge in [0, 0.05) is 36.4 Å². The van der Waals surface area contributed by atoms with Crippen molar-refractivity contribution in [1.29, 1.82) is 0 Å². The molecule has 3 aromatic rings. The number of furan rings is 1. The van der Waals surface area contributed by atoms with E-state index in [1.807, 2.05) is 0 Å². The third kappa shape index (κ3) is 3.34. The number of hydrogen-bond donors (Lipinski definition) is 1. The summed E-state index contributed by atoms with van der Waals surface area (Å²) < 4.78 is 44.2. The molecule has 1 amide bonds. The van der Waals surface area contributed by atoms with Gasteiger partial charge in [-0.25, -0.2) is 9.97 Å². The normalized spacial score (nSPS) is 25.2. The first-order chi connectivity index (χ1) is 15.6. The smallest absolute Gasteiger partial charge is 0.417 e. The number of fused-ring (bicyclic) bond motifs is 2. The summed E-state index contributed by atoms with van der Waals surface area (Å²) in [4.78, 5) is 27.9. The van der Waals surface area contributed by atoms with Crippen LogP contribution in [0.25, 0.3) is 11.1 Å². The van der Waals surface area contributed by atoms with Gasteiger partial charge in [-0.2, -0.15) is 13.2 Å². The average Bonchev–Trinajstić information content (AvgIpc) is 3.55. The number of carbonyl (C=O) groups excluding carboxylic acids is 1. The van der Waals surface area contributed by atoms with Gasteiger partial charge in [0.05, 0.1) is 16.5 Å². The average molecular weight is 457 g/mol. The Balaban J connectivity index is 1.21. The molecule has 33 heavy (non-hydrogen) atoms. The molecule has 1 unspecified atom stereocenters. The van der Waals surface area contributed by atoms with Crippen molar-refractivity contribution in [2.75, 3.05) is 18.4 Å². The van der Waals surface area contributed by atoms with Crippen molar-refractivity contribution < 1.29 is 22.4 Å². The monoisotopic (exact) mass is 457 g/mol. The zero-order chi connectivity index (χ0) is 23.1. The van der Waals surface area contributed by atoms with Crippen LogP contribution in [0.3, 0.4) is 0 Å². The van der Waals surface area contributed by atoms with Gasteiger partial charge in [0.15, 0.2) is 0 Å². The van der Waals surface area contributed by atoms with Crippen LogP contribution in [-0.4, -0.2) is 44.4 Å². The molecule has 2 saturated carbocycles. The van der Waals surface area contributed by atoms with Crippen LogP contribution in [0.1, 0.15) is 53.1 Å². The largest absolute Gasteiger partial charge is 0.442 e. The standard InChI is InChI=1S/C23H22F3N5O2/c1-11-16(18-19(30-22(2)5-6-22)28-10-29-20(18)33-11)21(32)31-8-13-14(9-31)17(13)15-4-3-12(7-27-15)23(24,25)26/h3-4,7,10,13-14,17H,5-6,8-9H2,1-2H3,(H,28,29,30)/t13-,14+,17?. The molecule has 3 aromatic heterocycles. The number of amides is 1. The first kappa shape index (κ1) is 20.4. The van der Waals surface area contributed by atoms with Gasteiger partial charge in [0.1, 0.15) is 17.9 Å². The Hall–Kier alpha value is -3.17. The van der Waals surface area contributed by atoms with E-state index < -0.39 is 11.7 Å². The molecule has 0 spiro atoms. The maximum absolute atomic E-state index is 13.5. The van der Waals surface area contributed by atoms with Crippen LogP contribution >= 0.6 is 0 Å². The quantitative estimate of drug-likeness (QED) is 0.626. The molecule has 1 saturated heterocycles. The molecule has 0 aromatic carbocycles. The molecular weight excluding hydrogens is 435 g/mol. The van der Waals surface area contributed by atoms with E-state index in [1.165, 1.54) is 12.4 Å². The molecule has 3 atom stereocenters. The SMILES string of the molecule is Cc1oc2ncnc(NC3(C)CC3)c2c1C(=O)N1C[C@@H]2C(c3ccc(C(F)(F)F)cn3)[C@@H]2C1. The fourth-order valence-corrected chi connectivity index (χ4v) is 5.05. The second kappa shape index (κ2) is 6.68. The van der Waals surface area contributed by atoms with E-state index >= 15 is 0 Å². The highest BCUT2D eigenvalue weighted by molar-refractivity contribution is 6.10. The number of aromatic nitrogens is 3. The van der Waals surface area contributed by atoms with Gasteiger partial charge in [0.25, 0.3) is 5.91 Å². The van der Waals surface area contributed by atoms with Crippen molar-refractivity contribution in [1.82, 2.24) is 19.9 Å². The zero-order valence-electron chi connectivity index (χ0n) is 18.1. The number of nitrogens with zero attached hydrogens (tertiary/aromatic N) is 4. The highest BCUT2D eigenvalue weighted by Gasteiger charge is 2.58. The van der Waals surface area contributed by atoms with Crippen LogP contribution in [0.4, 0.5) is 19.0 Å². The molecule has 10 heteroatoms. The van der Waals surface area contributed by atoms with E-state index in [0.717, 1.165) is 25.1 Å². The molecule has 0 radical (unpaired) electrons. The minimum absolute atomic E-state index is 0.0239. The summed E-state index contributed by atoms with van der Waals surface area (Å²) >= 11 is 0. The molecule has 0 bridgehead atoms. The first-order valence-electron chi connectivity index (χ1n) is 11.0. The van der Waals surface area contributed by atoms with Crippen molar-refractivity contribution in [3.63, 3.8) is 0 Å². The molecule has 172 valence electrons. The molecule has 7 nitrogen and oxygen atoms in total. The Morgan fingerprint density at radius 2 is 1.91 bits per heavy atom. The summed E-state index contributed by atoms with van der Waals surface area (Å²) in [6.07, 6.45) is -0.00283. The van der Waals surface area contributed by atoms with E-state index in [-0.39, 0.29) is 29.2 Å². The molecule has 3 fully saturated rings. The third-order valence-corrected chi connectivity index (χ3v) is 7.23. The van der Waals surface area contributed by atoms with Gasteiger partial charge in [-0.3, -0.25) is 9.78 Å². The predicted molar refractivity (Wildman–Crippen MR) is 113 cm³/mol. The molecule has 1 N–H and O–H groups in total. The minimum Gasteiger partial charge on any atom is -0.442 e. The van der Waals surface area contributed by atoms with Crippen LogP contribution < -0.4 is 5.32 Å². The highest BCUT2D eigenvalue weighted by Crippen LogP contribution is 2.58. The van der Waals surface area contributed by atoms with E-state index in [9.17, 15) is 18.0 Å². The van der Waals surface area contributed by atoms with Gasteiger partial charge in [-0.05, 0) is 50.7 Å². The summed E-state index contributed by atoms with van der Waals surface area (Å²) in [6, 6.07) is 2.54. The number of nitrogens with one attached hydrogen (secondary N) is 1. The summed E-state index contributed by atoms with van der Waals surface area (Å²) in [5, 5.41) is 4.03. The van der Waals surface area contributed by atoms with E-state index in [2.05, 4.69) is 27.2 Å². The Morgan fingerprint density at radius 1 is 1.18 bits per heavy atom. The fourth-order valence-electron chi connectivity index (χ4n) is 5.05. The van der Waals surface area contributed by atoms with Crippen LogP contribution in [-0.2, 0) is 6.18 Å². The number of carbonyl (C=O) groups is 1. The third-order valence-electron chi connectivity index (χ3n) is 7.23. The molecule has 1 aliphatic heterocycles. The van der Waals surface area contributed by atoms with Gasteiger partial charge >= 0.3 is 6.18 Å². The number of anilines is 1. The summed E-state index contributed by atoms with van der Waals surface area (Å²) in [6.45, 7) is 4.94. The van der Waals surface area contributed by atoms with Crippen molar-refractivity contribution in [2.45, 2.75) is 44.3 Å². The second-order valence-corrected chi connectivity index (χ2v) is 9.65. The number of rotatable bonds is 4. The lowest BCUT2D eigenvalue weighted by Crippen LogP contribution is -2.32. The lowest BCUT2D eigenvalue weighted by Gasteiger charge is -2.20. The van der Waals surface area contributed by atoms with Gasteiger partial charge < -0.3 is 14.6 Å². The molecule has 4 heterocycles. The zero-order valence-corrected chi connectivity index (χ0v) is 18.1. The lowest BCUT2D eigenvalue weighted by atomic mass is 10.1. The Labute approximate surface area is 187 Å². The predicted octanol–water partition coefficient (Wildman–Crippen LogP) is 4.40. The summed E-state index contributed by atoms with van der Waals surface area (Å²) in [7, 11) is 0. The Kier molecular flexibility index (Phi) is 4.14. The Morgan fingerprint density at radius 3 is 2.52 bits per heavy atom. The van der Waals surface area contributed by atoms with E-state index in [1.54, 1.807) is 11.8 Å². The van der Waals surface area contributed by atoms with E-state index in [4.69, 9.17) is 4.42 Å². The molecule has 3 aliphatic rings. The maximum atomic E-state index is 13.5. The first-order valence-corrected chi connectivity index (χ1v) is 11.0.